The largest absolute Gasteiger partial charge is 0.480 e. The van der Waals surface area contributed by atoms with E-state index in [0.29, 0.717) is 0 Å². The van der Waals surface area contributed by atoms with Crippen LogP contribution >= 0.6 is 0 Å². The first-order chi connectivity index (χ1) is 3.80. The van der Waals surface area contributed by atoms with Crippen molar-refractivity contribution < 1.29 is 9.90 Å². The van der Waals surface area contributed by atoms with Gasteiger partial charge in [-0.25, -0.2) is 0 Å². The fraction of sp³-hybridized carbons (Fsp3) is 0.800. The molecule has 0 spiro atoms. The molecule has 1 heterocycles. The molecular weight excluding hydrogens is 120 g/mol. The summed E-state index contributed by atoms with van der Waals surface area (Å²) in [7, 11) is 0. The third-order valence-corrected chi connectivity index (χ3v) is 1.36. The zero-order valence-electron chi connectivity index (χ0n) is 5.26. The first-order valence-corrected chi connectivity index (χ1v) is 2.77. The van der Waals surface area contributed by atoms with Crippen LogP contribution in [0.5, 0.6) is 0 Å². The molecule has 1 fully saturated rings. The number of carboxylic acids is 1. The molecule has 0 unspecified atom stereocenters. The van der Waals surface area contributed by atoms with Crippen molar-refractivity contribution in [3.63, 3.8) is 0 Å². The lowest BCUT2D eigenvalue weighted by Crippen LogP contribution is -2.29. The molecule has 0 aromatic rings. The number of nitrogens with one attached hydrogen (secondary N) is 1. The highest BCUT2D eigenvalue weighted by molar-refractivity contribution is 5.73. The average molecular weight is 132 g/mol. The molecule has 4 heteroatoms. The van der Waals surface area contributed by atoms with Crippen LogP contribution in [0, 0.1) is 0 Å². The molecule has 0 bridgehead atoms. The maximum absolute atomic E-state index is 10.1. The predicted molar refractivity (Wildman–Crippen MR) is 33.7 cm³/mol. The quantitative estimate of drug-likeness (QED) is 0.468. The van der Waals surface area contributed by atoms with Crippen LogP contribution in [0.25, 0.3) is 0 Å². The fourth-order valence-corrected chi connectivity index (χ4v) is 0.895. The Balaban J connectivity index is 0.000000640. The van der Waals surface area contributed by atoms with E-state index in [2.05, 4.69) is 5.32 Å². The molecule has 5 N–H and O–H groups in total. The zero-order chi connectivity index (χ0) is 5.98. The lowest BCUT2D eigenvalue weighted by atomic mass is 10.2. The Hall–Kier alpha value is -0.610. The second-order valence-electron chi connectivity index (χ2n) is 1.99. The molecule has 0 aliphatic carbocycles. The Morgan fingerprint density at radius 1 is 1.67 bits per heavy atom. The van der Waals surface area contributed by atoms with Crippen LogP contribution in [-0.2, 0) is 4.79 Å². The summed E-state index contributed by atoms with van der Waals surface area (Å²) >= 11 is 0. The summed E-state index contributed by atoms with van der Waals surface area (Å²) in [4.78, 5) is 10.1. The minimum atomic E-state index is -0.720. The zero-order valence-corrected chi connectivity index (χ0v) is 5.26. The van der Waals surface area contributed by atoms with E-state index in [1.165, 1.54) is 0 Å². The van der Waals surface area contributed by atoms with Crippen LogP contribution in [0.1, 0.15) is 12.8 Å². The molecule has 0 aromatic heterocycles. The molecule has 1 aliphatic rings. The van der Waals surface area contributed by atoms with E-state index in [1.807, 2.05) is 0 Å². The number of carboxylic acid groups (broad SMARTS) is 1. The maximum Gasteiger partial charge on any atom is 0.320 e. The number of hydrogen-bond donors (Lipinski definition) is 3. The summed E-state index contributed by atoms with van der Waals surface area (Å²) in [6.07, 6.45) is 1.78. The van der Waals surface area contributed by atoms with Crippen LogP contribution in [0.3, 0.4) is 0 Å². The second-order valence-corrected chi connectivity index (χ2v) is 1.99. The van der Waals surface area contributed by atoms with Gasteiger partial charge in [-0.3, -0.25) is 4.79 Å². The normalized spacial score (nSPS) is 25.1. The molecule has 54 valence electrons. The lowest BCUT2D eigenvalue weighted by Gasteiger charge is -1.99. The maximum atomic E-state index is 10.1. The molecule has 0 aromatic carbocycles. The van der Waals surface area contributed by atoms with Crippen molar-refractivity contribution in [2.24, 2.45) is 0 Å². The summed E-state index contributed by atoms with van der Waals surface area (Å²) in [6, 6.07) is -0.269. The standard InChI is InChI=1S/C5H9NO2.H3N/c7-5(8)4-2-1-3-6-4;/h4,6H,1-3H2,(H,7,8);1H3/t4-;/m0./s1. The van der Waals surface area contributed by atoms with Gasteiger partial charge in [-0.15, -0.1) is 0 Å². The van der Waals surface area contributed by atoms with E-state index in [9.17, 15) is 4.79 Å². The Bertz CT molecular complexity index is 99.1. The van der Waals surface area contributed by atoms with E-state index in [1.54, 1.807) is 0 Å². The summed E-state index contributed by atoms with van der Waals surface area (Å²) in [5, 5.41) is 11.2. The minimum Gasteiger partial charge on any atom is -0.480 e. The number of aliphatic carboxylic acids is 1. The van der Waals surface area contributed by atoms with Gasteiger partial charge in [-0.1, -0.05) is 0 Å². The highest BCUT2D eigenvalue weighted by Gasteiger charge is 2.20. The molecular formula is C5H12N2O2. The monoisotopic (exact) mass is 132 g/mol. The average Bonchev–Trinajstić information content (AvgIpc) is 2.12. The van der Waals surface area contributed by atoms with E-state index in [0.717, 1.165) is 19.4 Å². The van der Waals surface area contributed by atoms with Gasteiger partial charge >= 0.3 is 5.97 Å². The molecule has 1 saturated heterocycles. The Kier molecular flexibility index (Phi) is 3.19. The van der Waals surface area contributed by atoms with Crippen LogP contribution in [-0.4, -0.2) is 23.7 Å². The molecule has 4 nitrogen and oxygen atoms in total. The summed E-state index contributed by atoms with van der Waals surface area (Å²) in [5.41, 5.74) is 0. The van der Waals surface area contributed by atoms with Gasteiger partial charge in [0.1, 0.15) is 6.04 Å². The summed E-state index contributed by atoms with van der Waals surface area (Å²) in [5.74, 6) is -0.720. The van der Waals surface area contributed by atoms with Gasteiger partial charge < -0.3 is 16.6 Å². The smallest absolute Gasteiger partial charge is 0.320 e. The van der Waals surface area contributed by atoms with Gasteiger partial charge in [0, 0.05) is 0 Å². The number of carbonyl (C=O) groups is 1. The topological polar surface area (TPSA) is 84.3 Å². The first kappa shape index (κ1) is 8.39. The third kappa shape index (κ3) is 1.99. The second kappa shape index (κ2) is 3.42. The van der Waals surface area contributed by atoms with Crippen LogP contribution < -0.4 is 11.5 Å². The van der Waals surface area contributed by atoms with Crippen molar-refractivity contribution >= 4 is 5.97 Å². The van der Waals surface area contributed by atoms with Gasteiger partial charge in [0.15, 0.2) is 0 Å². The number of rotatable bonds is 1. The SMILES string of the molecule is N.O=C(O)[C@@H]1CCCN1. The fourth-order valence-electron chi connectivity index (χ4n) is 0.895. The predicted octanol–water partition coefficient (Wildman–Crippen LogP) is -0.0150. The molecule has 9 heavy (non-hydrogen) atoms. The van der Waals surface area contributed by atoms with Gasteiger partial charge in [0.2, 0.25) is 0 Å². The summed E-state index contributed by atoms with van der Waals surface area (Å²) < 4.78 is 0. The van der Waals surface area contributed by atoms with Crippen molar-refractivity contribution in [1.29, 1.82) is 0 Å². The number of hydrogen-bond acceptors (Lipinski definition) is 3. The first-order valence-electron chi connectivity index (χ1n) is 2.77. The lowest BCUT2D eigenvalue weighted by molar-refractivity contribution is -0.139. The summed E-state index contributed by atoms with van der Waals surface area (Å²) in [6.45, 7) is 0.858. The van der Waals surface area contributed by atoms with Crippen molar-refractivity contribution in [3.8, 4) is 0 Å². The van der Waals surface area contributed by atoms with Gasteiger partial charge in [0.25, 0.3) is 0 Å². The molecule has 0 saturated carbocycles. The Morgan fingerprint density at radius 2 is 2.33 bits per heavy atom. The molecule has 0 amide bonds. The Labute approximate surface area is 53.8 Å². The van der Waals surface area contributed by atoms with Gasteiger partial charge in [-0.05, 0) is 19.4 Å². The highest BCUT2D eigenvalue weighted by Crippen LogP contribution is 2.03. The van der Waals surface area contributed by atoms with Crippen LogP contribution in [0.2, 0.25) is 0 Å². The van der Waals surface area contributed by atoms with Crippen LogP contribution in [0.15, 0.2) is 0 Å². The third-order valence-electron chi connectivity index (χ3n) is 1.36. The van der Waals surface area contributed by atoms with Crippen LogP contribution in [0.4, 0.5) is 0 Å². The molecule has 1 atom stereocenters. The van der Waals surface area contributed by atoms with Crippen molar-refractivity contribution in [1.82, 2.24) is 11.5 Å². The van der Waals surface area contributed by atoms with Gasteiger partial charge in [0.05, 0.1) is 0 Å². The van der Waals surface area contributed by atoms with Crippen molar-refractivity contribution in [2.75, 3.05) is 6.54 Å². The van der Waals surface area contributed by atoms with Crippen molar-refractivity contribution in [3.05, 3.63) is 0 Å². The van der Waals surface area contributed by atoms with E-state index >= 15 is 0 Å². The van der Waals surface area contributed by atoms with E-state index in [4.69, 9.17) is 5.11 Å². The Morgan fingerprint density at radius 3 is 2.56 bits per heavy atom. The highest BCUT2D eigenvalue weighted by atomic mass is 16.4. The van der Waals surface area contributed by atoms with Crippen molar-refractivity contribution in [2.45, 2.75) is 18.9 Å². The molecule has 1 rings (SSSR count). The van der Waals surface area contributed by atoms with E-state index in [-0.39, 0.29) is 12.2 Å². The minimum absolute atomic E-state index is 0. The van der Waals surface area contributed by atoms with E-state index < -0.39 is 5.97 Å². The molecule has 1 aliphatic heterocycles. The molecule has 0 radical (unpaired) electrons. The van der Waals surface area contributed by atoms with Gasteiger partial charge in [-0.2, -0.15) is 0 Å².